The zero-order valence-corrected chi connectivity index (χ0v) is 11.6. The number of ether oxygens (including phenoxy) is 3. The van der Waals surface area contributed by atoms with Crippen molar-refractivity contribution in [3.8, 4) is 5.75 Å². The molecule has 0 radical (unpaired) electrons. The molecule has 0 bridgehead atoms. The van der Waals surface area contributed by atoms with E-state index in [9.17, 15) is 5.11 Å². The van der Waals surface area contributed by atoms with E-state index in [1.165, 1.54) is 5.56 Å². The molecule has 0 spiro atoms. The Hall–Kier alpha value is -1.10. The maximum Gasteiger partial charge on any atom is 0.119 e. The van der Waals surface area contributed by atoms with Crippen molar-refractivity contribution in [1.29, 1.82) is 0 Å². The fourth-order valence-corrected chi connectivity index (χ4v) is 2.47. The maximum absolute atomic E-state index is 10.4. The van der Waals surface area contributed by atoms with Gasteiger partial charge in [-0.3, -0.25) is 0 Å². The first-order chi connectivity index (χ1) is 9.26. The molecule has 2 unspecified atom stereocenters. The first kappa shape index (κ1) is 14.3. The summed E-state index contributed by atoms with van der Waals surface area (Å²) in [6.45, 7) is 1.31. The van der Waals surface area contributed by atoms with Crippen LogP contribution in [0.3, 0.4) is 0 Å². The van der Waals surface area contributed by atoms with Gasteiger partial charge >= 0.3 is 0 Å². The van der Waals surface area contributed by atoms with Crippen LogP contribution < -0.4 is 4.74 Å². The Labute approximate surface area is 114 Å². The standard InChI is InChI=1S/C15H22O4/c1-17-8-3-9-19-14-7-5-11-4-6-12(18-2)10-13(11)15(14)16/h4,6,10,14-16H,3,5,7-9H2,1-2H3. The lowest BCUT2D eigenvalue weighted by atomic mass is 9.87. The lowest BCUT2D eigenvalue weighted by Crippen LogP contribution is -2.28. The van der Waals surface area contributed by atoms with Gasteiger partial charge in [-0.05, 0) is 42.5 Å². The van der Waals surface area contributed by atoms with Crippen molar-refractivity contribution in [3.05, 3.63) is 29.3 Å². The number of rotatable bonds is 6. The van der Waals surface area contributed by atoms with Gasteiger partial charge in [0.1, 0.15) is 11.9 Å². The molecular weight excluding hydrogens is 244 g/mol. The van der Waals surface area contributed by atoms with Crippen molar-refractivity contribution in [1.82, 2.24) is 0 Å². The van der Waals surface area contributed by atoms with Crippen LogP contribution in [-0.2, 0) is 15.9 Å². The topological polar surface area (TPSA) is 47.9 Å². The smallest absolute Gasteiger partial charge is 0.119 e. The summed E-state index contributed by atoms with van der Waals surface area (Å²) in [5, 5.41) is 10.4. The highest BCUT2D eigenvalue weighted by atomic mass is 16.5. The molecule has 1 aromatic rings. The van der Waals surface area contributed by atoms with E-state index in [-0.39, 0.29) is 6.10 Å². The van der Waals surface area contributed by atoms with E-state index in [2.05, 4.69) is 0 Å². The SMILES string of the molecule is COCCCOC1CCc2ccc(OC)cc2C1O. The molecular formula is C15H22O4. The summed E-state index contributed by atoms with van der Waals surface area (Å²) in [7, 11) is 3.31. The second kappa shape index (κ2) is 6.89. The quantitative estimate of drug-likeness (QED) is 0.801. The Morgan fingerprint density at radius 3 is 2.84 bits per heavy atom. The summed E-state index contributed by atoms with van der Waals surface area (Å²) < 4.78 is 16.0. The van der Waals surface area contributed by atoms with Crippen LogP contribution in [0.25, 0.3) is 0 Å². The van der Waals surface area contributed by atoms with Crippen molar-refractivity contribution >= 4 is 0 Å². The van der Waals surface area contributed by atoms with Crippen molar-refractivity contribution in [2.75, 3.05) is 27.4 Å². The van der Waals surface area contributed by atoms with Gasteiger partial charge < -0.3 is 19.3 Å². The molecule has 1 aliphatic carbocycles. The molecule has 0 aromatic heterocycles. The van der Waals surface area contributed by atoms with Gasteiger partial charge in [-0.1, -0.05) is 6.07 Å². The number of hydrogen-bond acceptors (Lipinski definition) is 4. The van der Waals surface area contributed by atoms with Gasteiger partial charge in [0.05, 0.1) is 13.2 Å². The van der Waals surface area contributed by atoms with Gasteiger partial charge in [0, 0.05) is 20.3 Å². The van der Waals surface area contributed by atoms with E-state index in [0.717, 1.165) is 30.6 Å². The second-order valence-electron chi connectivity index (χ2n) is 4.80. The molecule has 106 valence electrons. The Balaban J connectivity index is 1.99. The van der Waals surface area contributed by atoms with Gasteiger partial charge in [-0.2, -0.15) is 0 Å². The summed E-state index contributed by atoms with van der Waals surface area (Å²) >= 11 is 0. The van der Waals surface area contributed by atoms with Gasteiger partial charge in [-0.15, -0.1) is 0 Å². The first-order valence-electron chi connectivity index (χ1n) is 6.71. The molecule has 1 aromatic carbocycles. The van der Waals surface area contributed by atoms with E-state index in [4.69, 9.17) is 14.2 Å². The molecule has 2 atom stereocenters. The van der Waals surface area contributed by atoms with Crippen molar-refractivity contribution < 1.29 is 19.3 Å². The molecule has 0 saturated heterocycles. The van der Waals surface area contributed by atoms with Gasteiger partial charge in [0.15, 0.2) is 0 Å². The van der Waals surface area contributed by atoms with Crippen molar-refractivity contribution in [3.63, 3.8) is 0 Å². The molecule has 1 N–H and O–H groups in total. The summed E-state index contributed by atoms with van der Waals surface area (Å²) in [4.78, 5) is 0. The molecule has 1 aliphatic rings. The average molecular weight is 266 g/mol. The Kier molecular flexibility index (Phi) is 5.19. The van der Waals surface area contributed by atoms with Gasteiger partial charge in [0.2, 0.25) is 0 Å². The number of methoxy groups -OCH3 is 2. The van der Waals surface area contributed by atoms with Crippen molar-refractivity contribution in [2.24, 2.45) is 0 Å². The number of aliphatic hydroxyl groups excluding tert-OH is 1. The third-order valence-electron chi connectivity index (χ3n) is 3.55. The average Bonchev–Trinajstić information content (AvgIpc) is 2.45. The molecule has 0 heterocycles. The number of benzene rings is 1. The maximum atomic E-state index is 10.4. The number of fused-ring (bicyclic) bond motifs is 1. The van der Waals surface area contributed by atoms with E-state index < -0.39 is 6.10 Å². The Bertz CT molecular complexity index is 405. The van der Waals surface area contributed by atoms with Crippen molar-refractivity contribution in [2.45, 2.75) is 31.5 Å². The zero-order chi connectivity index (χ0) is 13.7. The number of hydrogen-bond donors (Lipinski definition) is 1. The zero-order valence-electron chi connectivity index (χ0n) is 11.6. The largest absolute Gasteiger partial charge is 0.497 e. The summed E-state index contributed by atoms with van der Waals surface area (Å²) in [6, 6.07) is 5.87. The predicted molar refractivity (Wildman–Crippen MR) is 72.5 cm³/mol. The van der Waals surface area contributed by atoms with E-state index >= 15 is 0 Å². The minimum Gasteiger partial charge on any atom is -0.497 e. The van der Waals surface area contributed by atoms with E-state index in [0.29, 0.717) is 13.2 Å². The van der Waals surface area contributed by atoms with Crippen LogP contribution in [0, 0.1) is 0 Å². The van der Waals surface area contributed by atoms with E-state index in [1.807, 2.05) is 18.2 Å². The molecule has 4 heteroatoms. The first-order valence-corrected chi connectivity index (χ1v) is 6.71. The monoisotopic (exact) mass is 266 g/mol. The highest BCUT2D eigenvalue weighted by molar-refractivity contribution is 5.39. The van der Waals surface area contributed by atoms with Crippen LogP contribution in [0.4, 0.5) is 0 Å². The highest BCUT2D eigenvalue weighted by Crippen LogP contribution is 2.34. The summed E-state index contributed by atoms with van der Waals surface area (Å²) in [6.07, 6.45) is 1.95. The minimum atomic E-state index is -0.568. The van der Waals surface area contributed by atoms with E-state index in [1.54, 1.807) is 14.2 Å². The lowest BCUT2D eigenvalue weighted by Gasteiger charge is -2.30. The molecule has 0 aliphatic heterocycles. The summed E-state index contributed by atoms with van der Waals surface area (Å²) in [5.74, 6) is 0.776. The van der Waals surface area contributed by atoms with Gasteiger partial charge in [0.25, 0.3) is 0 Å². The van der Waals surface area contributed by atoms with Crippen LogP contribution in [0.15, 0.2) is 18.2 Å². The molecule has 2 rings (SSSR count). The minimum absolute atomic E-state index is 0.128. The lowest BCUT2D eigenvalue weighted by molar-refractivity contribution is -0.0523. The number of aliphatic hydroxyl groups is 1. The molecule has 19 heavy (non-hydrogen) atoms. The summed E-state index contributed by atoms with van der Waals surface area (Å²) in [5.41, 5.74) is 2.12. The van der Waals surface area contributed by atoms with Crippen LogP contribution in [0.2, 0.25) is 0 Å². The third kappa shape index (κ3) is 3.47. The normalized spacial score (nSPS) is 22.1. The molecule has 0 amide bonds. The molecule has 0 fully saturated rings. The van der Waals surface area contributed by atoms with Crippen LogP contribution in [-0.4, -0.2) is 38.6 Å². The fourth-order valence-electron chi connectivity index (χ4n) is 2.47. The Morgan fingerprint density at radius 1 is 1.26 bits per heavy atom. The third-order valence-corrected chi connectivity index (χ3v) is 3.55. The van der Waals surface area contributed by atoms with Gasteiger partial charge in [-0.25, -0.2) is 0 Å². The molecule has 0 saturated carbocycles. The van der Waals surface area contributed by atoms with Crippen LogP contribution in [0.1, 0.15) is 30.1 Å². The highest BCUT2D eigenvalue weighted by Gasteiger charge is 2.28. The second-order valence-corrected chi connectivity index (χ2v) is 4.80. The predicted octanol–water partition coefficient (Wildman–Crippen LogP) is 2.10. The fraction of sp³-hybridized carbons (Fsp3) is 0.600. The Morgan fingerprint density at radius 2 is 2.11 bits per heavy atom. The number of aryl methyl sites for hydroxylation is 1. The van der Waals surface area contributed by atoms with Crippen LogP contribution in [0.5, 0.6) is 5.75 Å². The van der Waals surface area contributed by atoms with Crippen LogP contribution >= 0.6 is 0 Å². The molecule has 4 nitrogen and oxygen atoms in total.